The molecular formula is C15H19BrN4O. The number of halogens is 1. The Balaban J connectivity index is 1.89. The van der Waals surface area contributed by atoms with Crippen molar-refractivity contribution in [1.82, 2.24) is 20.3 Å². The van der Waals surface area contributed by atoms with Crippen molar-refractivity contribution < 1.29 is 5.11 Å². The Morgan fingerprint density at radius 2 is 2.05 bits per heavy atom. The lowest BCUT2D eigenvalue weighted by atomic mass is 9.78. The van der Waals surface area contributed by atoms with Gasteiger partial charge in [0.25, 0.3) is 0 Å². The summed E-state index contributed by atoms with van der Waals surface area (Å²) in [7, 11) is 1.85. The van der Waals surface area contributed by atoms with Gasteiger partial charge in [-0.05, 0) is 31.0 Å². The fraction of sp³-hybridized carbons (Fsp3) is 0.467. The van der Waals surface area contributed by atoms with Gasteiger partial charge in [-0.3, -0.25) is 4.68 Å². The molecular weight excluding hydrogens is 332 g/mol. The minimum Gasteiger partial charge on any atom is -0.385 e. The zero-order valence-corrected chi connectivity index (χ0v) is 13.7. The molecule has 0 saturated carbocycles. The number of aliphatic hydroxyl groups is 1. The SMILES string of the molecule is C[C@H]1C[C@](O)(c2ccc(Br)cc2)C[C@@H](c2cn(C)nn2)N1. The van der Waals surface area contributed by atoms with Crippen LogP contribution in [0.3, 0.4) is 0 Å². The van der Waals surface area contributed by atoms with Gasteiger partial charge in [0.1, 0.15) is 0 Å². The summed E-state index contributed by atoms with van der Waals surface area (Å²) in [5.41, 5.74) is 0.987. The maximum absolute atomic E-state index is 11.1. The molecule has 1 aromatic heterocycles. The molecule has 5 nitrogen and oxygen atoms in total. The third-order valence-corrected chi connectivity index (χ3v) is 4.56. The summed E-state index contributed by atoms with van der Waals surface area (Å²) >= 11 is 3.44. The molecule has 0 unspecified atom stereocenters. The number of aromatic nitrogens is 3. The normalized spacial score (nSPS) is 29.5. The quantitative estimate of drug-likeness (QED) is 0.872. The van der Waals surface area contributed by atoms with Crippen LogP contribution < -0.4 is 5.32 Å². The highest BCUT2D eigenvalue weighted by Crippen LogP contribution is 2.39. The van der Waals surface area contributed by atoms with Crippen molar-refractivity contribution in [3.63, 3.8) is 0 Å². The lowest BCUT2D eigenvalue weighted by Crippen LogP contribution is -2.47. The zero-order valence-electron chi connectivity index (χ0n) is 12.1. The minimum absolute atomic E-state index is 0.0103. The van der Waals surface area contributed by atoms with E-state index in [9.17, 15) is 5.11 Å². The van der Waals surface area contributed by atoms with Crippen LogP contribution in [0.5, 0.6) is 0 Å². The predicted molar refractivity (Wildman–Crippen MR) is 83.6 cm³/mol. The van der Waals surface area contributed by atoms with Gasteiger partial charge in [0.15, 0.2) is 0 Å². The monoisotopic (exact) mass is 350 g/mol. The van der Waals surface area contributed by atoms with E-state index >= 15 is 0 Å². The predicted octanol–water partition coefficient (Wildman–Crippen LogP) is 2.28. The number of aryl methyl sites for hydroxylation is 1. The lowest BCUT2D eigenvalue weighted by molar-refractivity contribution is -0.0235. The summed E-state index contributed by atoms with van der Waals surface area (Å²) < 4.78 is 2.71. The number of piperidine rings is 1. The van der Waals surface area contributed by atoms with E-state index in [-0.39, 0.29) is 12.1 Å². The largest absolute Gasteiger partial charge is 0.385 e. The van der Waals surface area contributed by atoms with Crippen molar-refractivity contribution in [2.24, 2.45) is 7.05 Å². The molecule has 1 aliphatic rings. The Morgan fingerprint density at radius 1 is 1.33 bits per heavy atom. The van der Waals surface area contributed by atoms with E-state index in [2.05, 4.69) is 38.5 Å². The third kappa shape index (κ3) is 3.02. The van der Waals surface area contributed by atoms with E-state index in [4.69, 9.17) is 0 Å². The molecule has 0 bridgehead atoms. The van der Waals surface area contributed by atoms with E-state index in [1.807, 2.05) is 37.5 Å². The van der Waals surface area contributed by atoms with Crippen LogP contribution in [-0.2, 0) is 12.6 Å². The van der Waals surface area contributed by atoms with Gasteiger partial charge < -0.3 is 10.4 Å². The number of nitrogens with zero attached hydrogens (tertiary/aromatic N) is 3. The van der Waals surface area contributed by atoms with Crippen molar-refractivity contribution in [2.45, 2.75) is 37.5 Å². The highest BCUT2D eigenvalue weighted by atomic mass is 79.9. The molecule has 1 aromatic carbocycles. The average molecular weight is 351 g/mol. The first kappa shape index (κ1) is 14.7. The fourth-order valence-corrected chi connectivity index (χ4v) is 3.36. The van der Waals surface area contributed by atoms with Gasteiger partial charge in [-0.1, -0.05) is 33.3 Å². The number of hydrogen-bond donors (Lipinski definition) is 2. The summed E-state index contributed by atoms with van der Waals surface area (Å²) in [4.78, 5) is 0. The topological polar surface area (TPSA) is 63.0 Å². The Hall–Kier alpha value is -1.24. The smallest absolute Gasteiger partial charge is 0.0997 e. The van der Waals surface area contributed by atoms with Crippen molar-refractivity contribution in [1.29, 1.82) is 0 Å². The second kappa shape index (κ2) is 5.51. The van der Waals surface area contributed by atoms with Crippen LogP contribution in [-0.4, -0.2) is 26.1 Å². The molecule has 0 amide bonds. The minimum atomic E-state index is -0.840. The molecule has 3 rings (SSSR count). The Kier molecular flexibility index (Phi) is 3.86. The lowest BCUT2D eigenvalue weighted by Gasteiger charge is -2.40. The molecule has 0 spiro atoms. The van der Waals surface area contributed by atoms with Crippen molar-refractivity contribution in [3.05, 3.63) is 46.2 Å². The Bertz CT molecular complexity index is 627. The van der Waals surface area contributed by atoms with Crippen LogP contribution >= 0.6 is 15.9 Å². The fourth-order valence-electron chi connectivity index (χ4n) is 3.10. The number of nitrogens with one attached hydrogen (secondary N) is 1. The zero-order chi connectivity index (χ0) is 15.0. The third-order valence-electron chi connectivity index (χ3n) is 4.03. The molecule has 1 saturated heterocycles. The van der Waals surface area contributed by atoms with Gasteiger partial charge in [-0.25, -0.2) is 0 Å². The molecule has 0 radical (unpaired) electrons. The van der Waals surface area contributed by atoms with E-state index in [0.29, 0.717) is 12.8 Å². The van der Waals surface area contributed by atoms with E-state index in [0.717, 1.165) is 15.7 Å². The molecule has 3 atom stereocenters. The summed E-state index contributed by atoms with van der Waals surface area (Å²) in [6.45, 7) is 2.09. The van der Waals surface area contributed by atoms with Crippen molar-refractivity contribution in [2.75, 3.05) is 0 Å². The van der Waals surface area contributed by atoms with Crippen LogP contribution in [0.2, 0.25) is 0 Å². The van der Waals surface area contributed by atoms with E-state index in [1.54, 1.807) is 4.68 Å². The first-order chi connectivity index (χ1) is 9.96. The van der Waals surface area contributed by atoms with Gasteiger partial charge in [0, 0.05) is 30.2 Å². The molecule has 0 aliphatic carbocycles. The molecule has 2 N–H and O–H groups in total. The number of hydrogen-bond acceptors (Lipinski definition) is 4. The van der Waals surface area contributed by atoms with Crippen LogP contribution in [0.4, 0.5) is 0 Å². The Labute approximate surface area is 132 Å². The highest BCUT2D eigenvalue weighted by molar-refractivity contribution is 9.10. The Morgan fingerprint density at radius 3 is 2.67 bits per heavy atom. The first-order valence-electron chi connectivity index (χ1n) is 7.07. The highest BCUT2D eigenvalue weighted by Gasteiger charge is 2.40. The summed E-state index contributed by atoms with van der Waals surface area (Å²) in [5, 5.41) is 22.8. The second-order valence-electron chi connectivity index (χ2n) is 5.88. The van der Waals surface area contributed by atoms with Gasteiger partial charge in [0.05, 0.1) is 17.3 Å². The van der Waals surface area contributed by atoms with Gasteiger partial charge in [0.2, 0.25) is 0 Å². The molecule has 21 heavy (non-hydrogen) atoms. The molecule has 2 aromatic rings. The van der Waals surface area contributed by atoms with Crippen LogP contribution in [0.15, 0.2) is 34.9 Å². The van der Waals surface area contributed by atoms with Crippen LogP contribution in [0.25, 0.3) is 0 Å². The first-order valence-corrected chi connectivity index (χ1v) is 7.86. The molecule has 1 aliphatic heterocycles. The van der Waals surface area contributed by atoms with Gasteiger partial charge in [-0.2, -0.15) is 0 Å². The molecule has 1 fully saturated rings. The number of benzene rings is 1. The summed E-state index contributed by atoms with van der Waals surface area (Å²) in [6.07, 6.45) is 3.18. The van der Waals surface area contributed by atoms with Gasteiger partial charge in [-0.15, -0.1) is 5.10 Å². The maximum Gasteiger partial charge on any atom is 0.0997 e. The van der Waals surface area contributed by atoms with E-state index < -0.39 is 5.60 Å². The molecule has 2 heterocycles. The van der Waals surface area contributed by atoms with E-state index in [1.165, 1.54) is 0 Å². The molecule has 112 valence electrons. The number of rotatable bonds is 2. The van der Waals surface area contributed by atoms with Crippen LogP contribution in [0.1, 0.15) is 37.1 Å². The summed E-state index contributed by atoms with van der Waals surface area (Å²) in [5.74, 6) is 0. The van der Waals surface area contributed by atoms with Gasteiger partial charge >= 0.3 is 0 Å². The maximum atomic E-state index is 11.1. The standard InChI is InChI=1S/C15H19BrN4O/c1-10-7-15(21,11-3-5-12(16)6-4-11)8-13(17-10)14-9-20(2)19-18-14/h3-6,9-10,13,17,21H,7-8H2,1-2H3/t10-,13-,15+/m0/s1. The van der Waals surface area contributed by atoms with Crippen molar-refractivity contribution in [3.8, 4) is 0 Å². The van der Waals surface area contributed by atoms with Crippen LogP contribution in [0, 0.1) is 0 Å². The summed E-state index contributed by atoms with van der Waals surface area (Å²) in [6, 6.07) is 8.12. The molecule has 6 heteroatoms. The average Bonchev–Trinajstić information content (AvgIpc) is 2.85. The van der Waals surface area contributed by atoms with Crippen molar-refractivity contribution >= 4 is 15.9 Å². The second-order valence-corrected chi connectivity index (χ2v) is 6.80.